The molecule has 0 saturated heterocycles. The lowest BCUT2D eigenvalue weighted by atomic mass is 9.81. The summed E-state index contributed by atoms with van der Waals surface area (Å²) in [6.07, 6.45) is 0.995. The van der Waals surface area contributed by atoms with Crippen LogP contribution in [-0.2, 0) is 6.42 Å². The van der Waals surface area contributed by atoms with Crippen molar-refractivity contribution in [2.45, 2.75) is 18.8 Å². The fourth-order valence-corrected chi connectivity index (χ4v) is 5.59. The molecule has 0 fully saturated rings. The summed E-state index contributed by atoms with van der Waals surface area (Å²) in [5.41, 5.74) is 4.17. The van der Waals surface area contributed by atoms with Gasteiger partial charge >= 0.3 is 0 Å². The van der Waals surface area contributed by atoms with E-state index in [0.717, 1.165) is 34.1 Å². The molecule has 3 aromatic carbocycles. The zero-order valence-corrected chi connectivity index (χ0v) is 21.5. The number of aromatic amines is 1. The molecule has 0 spiro atoms. The zero-order valence-electron chi connectivity index (χ0n) is 20.6. The number of Topliss-reactive ketones (excluding diaryl/α,β-unsaturated/α-hetero) is 1. The fourth-order valence-electron chi connectivity index (χ4n) is 4.75. The summed E-state index contributed by atoms with van der Waals surface area (Å²) in [6.45, 7) is 0. The van der Waals surface area contributed by atoms with E-state index in [-0.39, 0.29) is 17.3 Å². The Kier molecular flexibility index (Phi) is 6.35. The summed E-state index contributed by atoms with van der Waals surface area (Å²) < 4.78 is 11.1. The van der Waals surface area contributed by atoms with E-state index in [2.05, 4.69) is 4.98 Å². The van der Waals surface area contributed by atoms with Crippen LogP contribution in [0.2, 0.25) is 0 Å². The van der Waals surface area contributed by atoms with Crippen LogP contribution >= 0.6 is 11.3 Å². The molecule has 1 aliphatic rings. The van der Waals surface area contributed by atoms with Crippen LogP contribution in [-0.4, -0.2) is 22.9 Å². The molecule has 1 unspecified atom stereocenters. The van der Waals surface area contributed by atoms with Crippen molar-refractivity contribution in [2.75, 3.05) is 7.11 Å². The minimum atomic E-state index is -0.237. The van der Waals surface area contributed by atoms with Crippen LogP contribution in [0.4, 0.5) is 0 Å². The molecule has 0 radical (unpaired) electrons. The molecule has 5 aromatic rings. The summed E-state index contributed by atoms with van der Waals surface area (Å²) in [5, 5.41) is 2.50. The highest BCUT2D eigenvalue weighted by atomic mass is 32.1. The summed E-state index contributed by atoms with van der Waals surface area (Å²) >= 11 is 1.39. The van der Waals surface area contributed by atoms with Gasteiger partial charge in [0, 0.05) is 28.6 Å². The maximum absolute atomic E-state index is 13.1. The number of H-pyrrole nitrogens is 1. The maximum atomic E-state index is 13.1. The van der Waals surface area contributed by atoms with Crippen molar-refractivity contribution in [3.05, 3.63) is 117 Å². The standard InChI is InChI=1S/C31H24N2O4S/c1-36-22-11-7-19(8-12-22)21-15-27-25(29(34)16-21)17-26(30(35)32-27)31-33-28(18-38-31)20-9-13-24(14-10-20)37-23-5-3-2-4-6-23/h2-14,17-18,21H,15-16H2,1H3,(H,32,35). The molecule has 2 heterocycles. The van der Waals surface area contributed by atoms with Crippen molar-refractivity contribution in [2.24, 2.45) is 0 Å². The van der Waals surface area contributed by atoms with Crippen molar-refractivity contribution in [1.29, 1.82) is 0 Å². The first-order chi connectivity index (χ1) is 18.6. The van der Waals surface area contributed by atoms with E-state index in [4.69, 9.17) is 14.5 Å². The second-order valence-electron chi connectivity index (χ2n) is 9.18. The number of nitrogens with one attached hydrogen (secondary N) is 1. The number of benzene rings is 3. The lowest BCUT2D eigenvalue weighted by Gasteiger charge is -2.24. The summed E-state index contributed by atoms with van der Waals surface area (Å²) in [5.74, 6) is 2.31. The van der Waals surface area contributed by atoms with E-state index in [1.807, 2.05) is 84.2 Å². The average Bonchev–Trinajstić information content (AvgIpc) is 3.44. The normalized spacial score (nSPS) is 14.7. The molecule has 0 aliphatic heterocycles. The lowest BCUT2D eigenvalue weighted by Crippen LogP contribution is -2.24. The summed E-state index contributed by atoms with van der Waals surface area (Å²) in [7, 11) is 1.63. The molecule has 38 heavy (non-hydrogen) atoms. The number of nitrogens with zero attached hydrogens (tertiary/aromatic N) is 1. The van der Waals surface area contributed by atoms with Gasteiger partial charge in [0.15, 0.2) is 5.78 Å². The predicted molar refractivity (Wildman–Crippen MR) is 149 cm³/mol. The highest BCUT2D eigenvalue weighted by Gasteiger charge is 2.28. The Morgan fingerprint density at radius 3 is 2.29 bits per heavy atom. The smallest absolute Gasteiger partial charge is 0.258 e. The van der Waals surface area contributed by atoms with E-state index < -0.39 is 0 Å². The van der Waals surface area contributed by atoms with Crippen molar-refractivity contribution < 1.29 is 14.3 Å². The number of methoxy groups -OCH3 is 1. The van der Waals surface area contributed by atoms with Gasteiger partial charge < -0.3 is 14.5 Å². The molecule has 1 aliphatic carbocycles. The van der Waals surface area contributed by atoms with Crippen molar-refractivity contribution in [3.8, 4) is 39.1 Å². The largest absolute Gasteiger partial charge is 0.497 e. The SMILES string of the molecule is COc1ccc(C2CC(=O)c3cc(-c4nc(-c5ccc(Oc6ccccc6)cc5)cs4)c(=O)[nH]c3C2)cc1. The Morgan fingerprint density at radius 2 is 1.55 bits per heavy atom. The van der Waals surface area contributed by atoms with Crippen LogP contribution in [0, 0.1) is 0 Å². The van der Waals surface area contributed by atoms with Gasteiger partial charge in [-0.15, -0.1) is 11.3 Å². The molecule has 0 saturated carbocycles. The minimum absolute atomic E-state index is 0.0164. The lowest BCUT2D eigenvalue weighted by molar-refractivity contribution is 0.0963. The number of pyridine rings is 1. The molecule has 6 rings (SSSR count). The summed E-state index contributed by atoms with van der Waals surface area (Å²) in [4.78, 5) is 33.8. The number of carbonyl (C=O) groups excluding carboxylic acids is 1. The topological polar surface area (TPSA) is 81.3 Å². The van der Waals surface area contributed by atoms with E-state index in [1.165, 1.54) is 11.3 Å². The highest BCUT2D eigenvalue weighted by Crippen LogP contribution is 2.35. The van der Waals surface area contributed by atoms with E-state index in [9.17, 15) is 9.59 Å². The third kappa shape index (κ3) is 4.76. The molecule has 2 aromatic heterocycles. The van der Waals surface area contributed by atoms with Crippen LogP contribution in [0.1, 0.15) is 34.0 Å². The second-order valence-corrected chi connectivity index (χ2v) is 10.0. The molecule has 0 amide bonds. The van der Waals surface area contributed by atoms with Crippen LogP contribution in [0.25, 0.3) is 21.8 Å². The number of para-hydroxylation sites is 1. The quantitative estimate of drug-likeness (QED) is 0.264. The summed E-state index contributed by atoms with van der Waals surface area (Å²) in [6, 6.07) is 26.7. The van der Waals surface area contributed by atoms with Crippen molar-refractivity contribution in [3.63, 3.8) is 0 Å². The van der Waals surface area contributed by atoms with Gasteiger partial charge in [-0.3, -0.25) is 9.59 Å². The van der Waals surface area contributed by atoms with Gasteiger partial charge in [-0.1, -0.05) is 30.3 Å². The van der Waals surface area contributed by atoms with Crippen LogP contribution < -0.4 is 15.0 Å². The van der Waals surface area contributed by atoms with Gasteiger partial charge in [-0.05, 0) is 72.5 Å². The number of fused-ring (bicyclic) bond motifs is 1. The van der Waals surface area contributed by atoms with Crippen LogP contribution in [0.15, 0.2) is 95.1 Å². The molecular weight excluding hydrogens is 496 g/mol. The Morgan fingerprint density at radius 1 is 0.842 bits per heavy atom. The Labute approximate surface area is 223 Å². The molecule has 1 N–H and O–H groups in total. The maximum Gasteiger partial charge on any atom is 0.258 e. The second kappa shape index (κ2) is 10.1. The zero-order chi connectivity index (χ0) is 26.1. The first-order valence-corrected chi connectivity index (χ1v) is 13.2. The molecule has 0 bridgehead atoms. The molecule has 188 valence electrons. The van der Waals surface area contributed by atoms with Gasteiger partial charge in [0.25, 0.3) is 5.56 Å². The Bertz CT molecular complexity index is 1660. The Hall–Kier alpha value is -4.49. The van der Waals surface area contributed by atoms with E-state index in [1.54, 1.807) is 13.2 Å². The van der Waals surface area contributed by atoms with E-state index >= 15 is 0 Å². The van der Waals surface area contributed by atoms with Crippen molar-refractivity contribution >= 4 is 17.1 Å². The number of ketones is 1. The van der Waals surface area contributed by atoms with Gasteiger partial charge in [0.2, 0.25) is 0 Å². The number of rotatable bonds is 6. The molecule has 6 nitrogen and oxygen atoms in total. The number of carbonyl (C=O) groups is 1. The average molecular weight is 521 g/mol. The number of hydrogen-bond acceptors (Lipinski definition) is 6. The molecular formula is C31H24N2O4S. The highest BCUT2D eigenvalue weighted by molar-refractivity contribution is 7.13. The third-order valence-electron chi connectivity index (χ3n) is 6.76. The molecule has 7 heteroatoms. The fraction of sp³-hybridized carbons (Fsp3) is 0.129. The monoisotopic (exact) mass is 520 g/mol. The van der Waals surface area contributed by atoms with Gasteiger partial charge in [-0.2, -0.15) is 0 Å². The first kappa shape index (κ1) is 23.9. The van der Waals surface area contributed by atoms with E-state index in [0.29, 0.717) is 34.7 Å². The van der Waals surface area contributed by atoms with Gasteiger partial charge in [0.05, 0.1) is 18.4 Å². The Balaban J connectivity index is 1.23. The van der Waals surface area contributed by atoms with Gasteiger partial charge in [-0.25, -0.2) is 4.98 Å². The number of aromatic nitrogens is 2. The van der Waals surface area contributed by atoms with Crippen LogP contribution in [0.5, 0.6) is 17.2 Å². The van der Waals surface area contributed by atoms with Crippen LogP contribution in [0.3, 0.4) is 0 Å². The number of ether oxygens (including phenoxy) is 2. The van der Waals surface area contributed by atoms with Crippen molar-refractivity contribution in [1.82, 2.24) is 9.97 Å². The number of thiazole rings is 1. The van der Waals surface area contributed by atoms with Gasteiger partial charge in [0.1, 0.15) is 22.3 Å². The minimum Gasteiger partial charge on any atom is -0.497 e. The number of hydrogen-bond donors (Lipinski definition) is 1. The predicted octanol–water partition coefficient (Wildman–Crippen LogP) is 6.88. The first-order valence-electron chi connectivity index (χ1n) is 12.3. The molecule has 1 atom stereocenters. The third-order valence-corrected chi connectivity index (χ3v) is 7.63.